The molecule has 10 heteroatoms. The van der Waals surface area contributed by atoms with Crippen LogP contribution in [0.3, 0.4) is 0 Å². The third-order valence-electron chi connectivity index (χ3n) is 5.16. The molecule has 0 spiro atoms. The topological polar surface area (TPSA) is 98.0 Å². The zero-order valence-corrected chi connectivity index (χ0v) is 19.1. The Morgan fingerprint density at radius 1 is 1.30 bits per heavy atom. The van der Waals surface area contributed by atoms with Gasteiger partial charge in [0.2, 0.25) is 10.0 Å². The predicted octanol–water partition coefficient (Wildman–Crippen LogP) is 1.93. The van der Waals surface area contributed by atoms with Gasteiger partial charge in [-0.05, 0) is 43.9 Å². The average molecular weight is 454 g/mol. The molecule has 1 aromatic carbocycles. The Hall–Kier alpha value is -2.04. The van der Waals surface area contributed by atoms with Gasteiger partial charge >= 0.3 is 5.97 Å². The molecule has 3 rings (SSSR count). The summed E-state index contributed by atoms with van der Waals surface area (Å²) in [6.07, 6.45) is 3.24. The van der Waals surface area contributed by atoms with Gasteiger partial charge in [-0.15, -0.1) is 0 Å². The summed E-state index contributed by atoms with van der Waals surface area (Å²) in [7, 11) is -3.35. The van der Waals surface area contributed by atoms with Gasteiger partial charge in [0.15, 0.2) is 4.80 Å². The number of aromatic nitrogens is 1. The molecule has 2 heterocycles. The van der Waals surface area contributed by atoms with Gasteiger partial charge in [0.1, 0.15) is 6.54 Å². The van der Waals surface area contributed by atoms with Crippen LogP contribution in [0.15, 0.2) is 23.2 Å². The number of fused-ring (bicyclic) bond motifs is 1. The summed E-state index contributed by atoms with van der Waals surface area (Å²) in [6, 6.07) is 5.96. The molecule has 1 atom stereocenters. The van der Waals surface area contributed by atoms with Gasteiger partial charge in [-0.25, -0.2) is 12.7 Å². The number of ether oxygens (including phenoxy) is 1. The summed E-state index contributed by atoms with van der Waals surface area (Å²) < 4.78 is 32.8. The Bertz CT molecular complexity index is 1120. The summed E-state index contributed by atoms with van der Waals surface area (Å²) in [4.78, 5) is 29.8. The second-order valence-electron chi connectivity index (χ2n) is 7.34. The summed E-state index contributed by atoms with van der Waals surface area (Å²) >= 11 is 1.35. The molecular weight excluding hydrogens is 426 g/mol. The van der Waals surface area contributed by atoms with Gasteiger partial charge in [0.25, 0.3) is 5.91 Å². The van der Waals surface area contributed by atoms with Crippen LogP contribution in [0.25, 0.3) is 10.2 Å². The standard InChI is InChI=1S/C20H27N3O5S2/c1-4-14-8-9-16-17(11-14)29-20(23(16)13-18(24)28-5-2)21-19(25)15-7-6-10-22(12-15)30(3,26)27/h8-9,11,15H,4-7,10,12-13H2,1-3H3. The van der Waals surface area contributed by atoms with E-state index in [2.05, 4.69) is 11.9 Å². The normalized spacial score (nSPS) is 18.6. The number of hydrogen-bond donors (Lipinski definition) is 0. The summed E-state index contributed by atoms with van der Waals surface area (Å²) in [5.41, 5.74) is 1.97. The monoisotopic (exact) mass is 453 g/mol. The van der Waals surface area contributed by atoms with Gasteiger partial charge in [0.05, 0.1) is 29.0 Å². The number of thiazole rings is 1. The molecule has 1 fully saturated rings. The number of esters is 1. The van der Waals surface area contributed by atoms with Crippen molar-refractivity contribution in [3.8, 4) is 0 Å². The first-order chi connectivity index (χ1) is 14.2. The number of carbonyl (C=O) groups excluding carboxylic acids is 2. The maximum atomic E-state index is 12.9. The lowest BCUT2D eigenvalue weighted by Crippen LogP contribution is -2.41. The highest BCUT2D eigenvalue weighted by Gasteiger charge is 2.30. The highest BCUT2D eigenvalue weighted by atomic mass is 32.2. The lowest BCUT2D eigenvalue weighted by Gasteiger charge is -2.28. The van der Waals surface area contributed by atoms with Gasteiger partial charge in [0, 0.05) is 13.1 Å². The van der Waals surface area contributed by atoms with Crippen LogP contribution in [0.2, 0.25) is 0 Å². The zero-order chi connectivity index (χ0) is 21.9. The van der Waals surface area contributed by atoms with E-state index in [9.17, 15) is 18.0 Å². The summed E-state index contributed by atoms with van der Waals surface area (Å²) in [5.74, 6) is -1.24. The van der Waals surface area contributed by atoms with Crippen LogP contribution in [0.4, 0.5) is 0 Å². The van der Waals surface area contributed by atoms with Crippen LogP contribution in [0, 0.1) is 5.92 Å². The molecule has 2 aromatic rings. The highest BCUT2D eigenvalue weighted by Crippen LogP contribution is 2.22. The first kappa shape index (κ1) is 22.6. The molecule has 0 saturated carbocycles. The number of piperidine rings is 1. The number of aryl methyl sites for hydroxylation is 1. The van der Waals surface area contributed by atoms with Crippen molar-refractivity contribution in [3.05, 3.63) is 28.6 Å². The van der Waals surface area contributed by atoms with Crippen molar-refractivity contribution in [3.63, 3.8) is 0 Å². The Labute approximate surface area is 180 Å². The first-order valence-electron chi connectivity index (χ1n) is 10.0. The maximum absolute atomic E-state index is 12.9. The quantitative estimate of drug-likeness (QED) is 0.623. The number of nitrogens with zero attached hydrogens (tertiary/aromatic N) is 3. The van der Waals surface area contributed by atoms with E-state index in [0.29, 0.717) is 24.2 Å². The fourth-order valence-corrected chi connectivity index (χ4v) is 5.55. The van der Waals surface area contributed by atoms with Crippen molar-refractivity contribution in [2.75, 3.05) is 26.0 Å². The van der Waals surface area contributed by atoms with Crippen LogP contribution in [-0.2, 0) is 37.3 Å². The smallest absolute Gasteiger partial charge is 0.326 e. The minimum Gasteiger partial charge on any atom is -0.465 e. The highest BCUT2D eigenvalue weighted by molar-refractivity contribution is 7.88. The lowest BCUT2D eigenvalue weighted by atomic mass is 9.99. The second-order valence-corrected chi connectivity index (χ2v) is 10.3. The molecule has 1 aliphatic rings. The third kappa shape index (κ3) is 5.16. The van der Waals surface area contributed by atoms with Gasteiger partial charge in [-0.3, -0.25) is 9.59 Å². The molecule has 0 aliphatic carbocycles. The van der Waals surface area contributed by atoms with Crippen molar-refractivity contribution >= 4 is 43.5 Å². The van der Waals surface area contributed by atoms with E-state index in [1.165, 1.54) is 15.6 Å². The molecule has 0 N–H and O–H groups in total. The van der Waals surface area contributed by atoms with Crippen LogP contribution in [0.5, 0.6) is 0 Å². The Morgan fingerprint density at radius 3 is 2.73 bits per heavy atom. The SMILES string of the molecule is CCOC(=O)Cn1c(=NC(=O)C2CCCN(S(C)(=O)=O)C2)sc2cc(CC)ccc21. The van der Waals surface area contributed by atoms with E-state index in [1.54, 1.807) is 11.5 Å². The number of hydrogen-bond acceptors (Lipinski definition) is 6. The van der Waals surface area contributed by atoms with Crippen molar-refractivity contribution in [1.82, 2.24) is 8.87 Å². The van der Waals surface area contributed by atoms with Crippen molar-refractivity contribution in [1.29, 1.82) is 0 Å². The van der Waals surface area contributed by atoms with E-state index >= 15 is 0 Å². The second kappa shape index (κ2) is 9.40. The maximum Gasteiger partial charge on any atom is 0.326 e. The van der Waals surface area contributed by atoms with Gasteiger partial charge in [-0.2, -0.15) is 4.99 Å². The van der Waals surface area contributed by atoms with Crippen molar-refractivity contribution in [2.45, 2.75) is 39.7 Å². The van der Waals surface area contributed by atoms with Crippen LogP contribution in [0.1, 0.15) is 32.3 Å². The molecule has 0 bridgehead atoms. The average Bonchev–Trinajstić information content (AvgIpc) is 3.03. The molecule has 1 saturated heterocycles. The van der Waals surface area contributed by atoms with E-state index in [1.807, 2.05) is 18.2 Å². The summed E-state index contributed by atoms with van der Waals surface area (Å²) in [6.45, 7) is 4.61. The zero-order valence-electron chi connectivity index (χ0n) is 17.5. The summed E-state index contributed by atoms with van der Waals surface area (Å²) in [5, 5.41) is 0. The minimum absolute atomic E-state index is 0.0362. The largest absolute Gasteiger partial charge is 0.465 e. The number of amides is 1. The molecule has 1 aliphatic heterocycles. The van der Waals surface area contributed by atoms with Crippen LogP contribution < -0.4 is 4.80 Å². The molecule has 1 unspecified atom stereocenters. The fourth-order valence-electron chi connectivity index (χ4n) is 3.54. The Kier molecular flexibility index (Phi) is 7.10. The van der Waals surface area contributed by atoms with E-state index in [-0.39, 0.29) is 25.6 Å². The Morgan fingerprint density at radius 2 is 2.07 bits per heavy atom. The number of benzene rings is 1. The minimum atomic E-state index is -3.35. The molecule has 0 radical (unpaired) electrons. The first-order valence-corrected chi connectivity index (χ1v) is 12.7. The number of carbonyl (C=O) groups is 2. The van der Waals surface area contributed by atoms with Gasteiger partial charge in [-0.1, -0.05) is 24.3 Å². The van der Waals surface area contributed by atoms with Crippen LogP contribution >= 0.6 is 11.3 Å². The van der Waals surface area contributed by atoms with Crippen molar-refractivity contribution in [2.24, 2.45) is 10.9 Å². The van der Waals surface area contributed by atoms with Crippen molar-refractivity contribution < 1.29 is 22.7 Å². The number of sulfonamides is 1. The number of rotatable bonds is 6. The molecule has 8 nitrogen and oxygen atoms in total. The molecular formula is C20H27N3O5S2. The van der Waals surface area contributed by atoms with E-state index < -0.39 is 21.9 Å². The van der Waals surface area contributed by atoms with Crippen LogP contribution in [-0.4, -0.2) is 55.1 Å². The molecule has 30 heavy (non-hydrogen) atoms. The molecule has 1 amide bonds. The fraction of sp³-hybridized carbons (Fsp3) is 0.550. The molecule has 1 aromatic heterocycles. The van der Waals surface area contributed by atoms with Gasteiger partial charge < -0.3 is 9.30 Å². The molecule has 164 valence electrons. The predicted molar refractivity (Wildman–Crippen MR) is 116 cm³/mol. The third-order valence-corrected chi connectivity index (χ3v) is 7.47. The lowest BCUT2D eigenvalue weighted by molar-refractivity contribution is -0.143. The van der Waals surface area contributed by atoms with E-state index in [4.69, 9.17) is 4.74 Å². The Balaban J connectivity index is 1.99. The van der Waals surface area contributed by atoms with E-state index in [0.717, 1.165) is 28.5 Å².